The topological polar surface area (TPSA) is 55.6 Å². The summed E-state index contributed by atoms with van der Waals surface area (Å²) in [6.07, 6.45) is 4.18. The van der Waals surface area contributed by atoms with Gasteiger partial charge in [0.1, 0.15) is 23.4 Å². The Labute approximate surface area is 169 Å². The average molecular weight is 394 g/mol. The third-order valence-corrected chi connectivity index (χ3v) is 5.19. The molecule has 2 aromatic carbocycles. The zero-order chi connectivity index (χ0) is 20.2. The first-order valence-electron chi connectivity index (χ1n) is 9.74. The van der Waals surface area contributed by atoms with Gasteiger partial charge in [-0.3, -0.25) is 4.79 Å². The molecule has 0 spiro atoms. The van der Waals surface area contributed by atoms with Gasteiger partial charge in [-0.25, -0.2) is 9.37 Å². The Morgan fingerprint density at radius 3 is 2.90 bits per heavy atom. The maximum absolute atomic E-state index is 13.4. The highest BCUT2D eigenvalue weighted by Gasteiger charge is 2.33. The molecule has 1 aliphatic rings. The van der Waals surface area contributed by atoms with E-state index in [1.54, 1.807) is 19.4 Å². The van der Waals surface area contributed by atoms with E-state index < -0.39 is 0 Å². The van der Waals surface area contributed by atoms with E-state index in [9.17, 15) is 9.18 Å². The molecular formula is C23H23FN2O3. The Balaban J connectivity index is 1.45. The van der Waals surface area contributed by atoms with E-state index >= 15 is 0 Å². The molecule has 6 heteroatoms. The van der Waals surface area contributed by atoms with Crippen LogP contribution in [0, 0.1) is 5.82 Å². The van der Waals surface area contributed by atoms with Crippen molar-refractivity contribution >= 4 is 5.91 Å². The lowest BCUT2D eigenvalue weighted by Crippen LogP contribution is -2.32. The summed E-state index contributed by atoms with van der Waals surface area (Å²) in [6, 6.07) is 13.8. The molecule has 1 fully saturated rings. The van der Waals surface area contributed by atoms with Crippen molar-refractivity contribution in [2.75, 3.05) is 13.7 Å². The van der Waals surface area contributed by atoms with Crippen molar-refractivity contribution in [3.05, 3.63) is 83.3 Å². The predicted octanol–water partition coefficient (Wildman–Crippen LogP) is 4.32. The van der Waals surface area contributed by atoms with Crippen LogP contribution < -0.4 is 4.74 Å². The number of amides is 1. The molecule has 0 N–H and O–H groups in total. The molecule has 29 heavy (non-hydrogen) atoms. The van der Waals surface area contributed by atoms with Crippen molar-refractivity contribution in [3.8, 4) is 5.75 Å². The number of benzene rings is 2. The monoisotopic (exact) mass is 394 g/mol. The fourth-order valence-corrected chi connectivity index (χ4v) is 3.79. The summed E-state index contributed by atoms with van der Waals surface area (Å²) >= 11 is 0. The number of aromatic nitrogens is 1. The smallest absolute Gasteiger partial charge is 0.227 e. The van der Waals surface area contributed by atoms with Crippen LogP contribution in [0.1, 0.15) is 41.7 Å². The SMILES string of the molecule is COc1cccc(CC(=O)N2CCC[C@@H]2c2ncc(Cc3cccc(F)c3)o2)c1. The fraction of sp³-hybridized carbons (Fsp3) is 0.304. The van der Waals surface area contributed by atoms with Gasteiger partial charge in [-0.1, -0.05) is 24.3 Å². The first kappa shape index (κ1) is 19.2. The highest BCUT2D eigenvalue weighted by molar-refractivity contribution is 5.79. The summed E-state index contributed by atoms with van der Waals surface area (Å²) < 4.78 is 24.6. The van der Waals surface area contributed by atoms with Gasteiger partial charge in [0.2, 0.25) is 11.8 Å². The third kappa shape index (κ3) is 4.47. The number of rotatable bonds is 6. The molecule has 1 amide bonds. The van der Waals surface area contributed by atoms with Crippen LogP contribution in [0.2, 0.25) is 0 Å². The largest absolute Gasteiger partial charge is 0.497 e. The molecule has 0 radical (unpaired) electrons. The lowest BCUT2D eigenvalue weighted by Gasteiger charge is -2.22. The minimum absolute atomic E-state index is 0.0469. The maximum Gasteiger partial charge on any atom is 0.227 e. The average Bonchev–Trinajstić information content (AvgIpc) is 3.37. The number of methoxy groups -OCH3 is 1. The lowest BCUT2D eigenvalue weighted by atomic mass is 10.1. The Hall–Kier alpha value is -3.15. The second kappa shape index (κ2) is 8.47. The van der Waals surface area contributed by atoms with E-state index in [2.05, 4.69) is 4.98 Å². The van der Waals surface area contributed by atoms with Crippen LogP contribution >= 0.6 is 0 Å². The summed E-state index contributed by atoms with van der Waals surface area (Å²) in [4.78, 5) is 19.2. The highest BCUT2D eigenvalue weighted by atomic mass is 19.1. The number of hydrogen-bond acceptors (Lipinski definition) is 4. The molecule has 0 bridgehead atoms. The van der Waals surface area contributed by atoms with E-state index in [-0.39, 0.29) is 17.8 Å². The molecule has 1 atom stereocenters. The number of likely N-dealkylation sites (tertiary alicyclic amines) is 1. The van der Waals surface area contributed by atoms with Crippen LogP contribution in [0.25, 0.3) is 0 Å². The Morgan fingerprint density at radius 1 is 1.24 bits per heavy atom. The van der Waals surface area contributed by atoms with Crippen LogP contribution in [0.15, 0.2) is 59.1 Å². The standard InChI is InChI=1S/C23H23FN2O3/c1-28-19-8-3-6-17(12-19)14-22(27)26-10-4-9-21(26)23-25-15-20(29-23)13-16-5-2-7-18(24)11-16/h2-3,5-8,11-12,15,21H,4,9-10,13-14H2,1H3/t21-/m1/s1. The quantitative estimate of drug-likeness (QED) is 0.625. The zero-order valence-corrected chi connectivity index (χ0v) is 16.3. The molecule has 0 unspecified atom stereocenters. The minimum Gasteiger partial charge on any atom is -0.497 e. The van der Waals surface area contributed by atoms with E-state index in [1.165, 1.54) is 12.1 Å². The number of oxazole rings is 1. The second-order valence-electron chi connectivity index (χ2n) is 7.24. The summed E-state index contributed by atoms with van der Waals surface area (Å²) in [5.74, 6) is 1.73. The van der Waals surface area contributed by atoms with Gasteiger partial charge in [0.05, 0.1) is 19.7 Å². The first-order valence-corrected chi connectivity index (χ1v) is 9.74. The molecule has 1 aromatic heterocycles. The second-order valence-corrected chi connectivity index (χ2v) is 7.24. The molecule has 4 rings (SSSR count). The summed E-state index contributed by atoms with van der Waals surface area (Å²) in [6.45, 7) is 0.690. The highest BCUT2D eigenvalue weighted by Crippen LogP contribution is 2.32. The van der Waals surface area contributed by atoms with Gasteiger partial charge in [-0.05, 0) is 48.2 Å². The normalized spacial score (nSPS) is 16.2. The number of carbonyl (C=O) groups is 1. The Bertz CT molecular complexity index is 1000. The van der Waals surface area contributed by atoms with Crippen molar-refractivity contribution < 1.29 is 18.3 Å². The van der Waals surface area contributed by atoms with Crippen molar-refractivity contribution in [3.63, 3.8) is 0 Å². The fourth-order valence-electron chi connectivity index (χ4n) is 3.79. The van der Waals surface area contributed by atoms with Crippen LogP contribution in [0.3, 0.4) is 0 Å². The minimum atomic E-state index is -0.271. The Kier molecular flexibility index (Phi) is 5.60. The third-order valence-electron chi connectivity index (χ3n) is 5.19. The van der Waals surface area contributed by atoms with Gasteiger partial charge in [0, 0.05) is 13.0 Å². The van der Waals surface area contributed by atoms with E-state index in [0.717, 1.165) is 29.7 Å². The number of hydrogen-bond donors (Lipinski definition) is 0. The summed E-state index contributed by atoms with van der Waals surface area (Å²) in [5.41, 5.74) is 1.74. The first-order chi connectivity index (χ1) is 14.1. The van der Waals surface area contributed by atoms with E-state index in [1.807, 2.05) is 35.2 Å². The van der Waals surface area contributed by atoms with Crippen molar-refractivity contribution in [2.45, 2.75) is 31.7 Å². The molecule has 5 nitrogen and oxygen atoms in total. The van der Waals surface area contributed by atoms with Crippen molar-refractivity contribution in [1.82, 2.24) is 9.88 Å². The number of halogens is 1. The molecule has 3 aromatic rings. The zero-order valence-electron chi connectivity index (χ0n) is 16.3. The van der Waals surface area contributed by atoms with Gasteiger partial charge in [-0.15, -0.1) is 0 Å². The van der Waals surface area contributed by atoms with E-state index in [0.29, 0.717) is 31.0 Å². The number of ether oxygens (including phenoxy) is 1. The van der Waals surface area contributed by atoms with Crippen LogP contribution in [-0.4, -0.2) is 29.4 Å². The van der Waals surface area contributed by atoms with Gasteiger partial charge in [0.15, 0.2) is 0 Å². The van der Waals surface area contributed by atoms with Crippen molar-refractivity contribution in [1.29, 1.82) is 0 Å². The van der Waals surface area contributed by atoms with Gasteiger partial charge in [0.25, 0.3) is 0 Å². The molecule has 1 aliphatic heterocycles. The molecular weight excluding hydrogens is 371 g/mol. The van der Waals surface area contributed by atoms with Gasteiger partial charge >= 0.3 is 0 Å². The molecule has 150 valence electrons. The molecule has 1 saturated heterocycles. The van der Waals surface area contributed by atoms with Crippen LogP contribution in [0.4, 0.5) is 4.39 Å². The molecule has 0 saturated carbocycles. The van der Waals surface area contributed by atoms with Crippen molar-refractivity contribution in [2.24, 2.45) is 0 Å². The number of nitrogens with zero attached hydrogens (tertiary/aromatic N) is 2. The lowest BCUT2D eigenvalue weighted by molar-refractivity contribution is -0.131. The Morgan fingerprint density at radius 2 is 2.07 bits per heavy atom. The maximum atomic E-state index is 13.4. The summed E-state index contributed by atoms with van der Waals surface area (Å²) in [5, 5.41) is 0. The molecule has 0 aliphatic carbocycles. The van der Waals surface area contributed by atoms with Gasteiger partial charge < -0.3 is 14.1 Å². The predicted molar refractivity (Wildman–Crippen MR) is 106 cm³/mol. The van der Waals surface area contributed by atoms with Crippen LogP contribution in [0.5, 0.6) is 5.75 Å². The summed E-state index contributed by atoms with van der Waals surface area (Å²) in [7, 11) is 1.61. The van der Waals surface area contributed by atoms with Gasteiger partial charge in [-0.2, -0.15) is 0 Å². The van der Waals surface area contributed by atoms with Crippen LogP contribution in [-0.2, 0) is 17.6 Å². The number of carbonyl (C=O) groups excluding carboxylic acids is 1. The van der Waals surface area contributed by atoms with E-state index in [4.69, 9.17) is 9.15 Å². The molecule has 2 heterocycles.